The average molecular weight is 284 g/mol. The van der Waals surface area contributed by atoms with Gasteiger partial charge in [0, 0.05) is 24.6 Å². The van der Waals surface area contributed by atoms with Gasteiger partial charge in [0.2, 0.25) is 0 Å². The quantitative estimate of drug-likeness (QED) is 0.852. The first-order valence-electron chi connectivity index (χ1n) is 7.27. The average Bonchev–Trinajstić information content (AvgIpc) is 3.38. The Kier molecular flexibility index (Phi) is 4.01. The number of benzene rings is 1. The number of hydrogen-bond acceptors (Lipinski definition) is 5. The summed E-state index contributed by atoms with van der Waals surface area (Å²) in [6.07, 6.45) is 4.26. The summed E-state index contributed by atoms with van der Waals surface area (Å²) in [5, 5.41) is 3.30. The van der Waals surface area contributed by atoms with Crippen molar-refractivity contribution in [1.82, 2.24) is 9.97 Å². The highest BCUT2D eigenvalue weighted by atomic mass is 16.5. The Morgan fingerprint density at radius 3 is 2.67 bits per heavy atom. The predicted octanol–water partition coefficient (Wildman–Crippen LogP) is 2.40. The van der Waals surface area contributed by atoms with Crippen molar-refractivity contribution in [1.29, 1.82) is 0 Å². The molecule has 0 bridgehead atoms. The van der Waals surface area contributed by atoms with E-state index in [0.29, 0.717) is 19.0 Å². The maximum atomic E-state index is 5.57. The molecule has 1 saturated carbocycles. The van der Waals surface area contributed by atoms with E-state index in [2.05, 4.69) is 10.3 Å². The van der Waals surface area contributed by atoms with E-state index in [1.165, 1.54) is 12.8 Å². The van der Waals surface area contributed by atoms with E-state index >= 15 is 0 Å². The van der Waals surface area contributed by atoms with Gasteiger partial charge in [-0.25, -0.2) is 9.97 Å². The Morgan fingerprint density at radius 2 is 2.05 bits per heavy atom. The largest absolute Gasteiger partial charge is 0.497 e. The molecule has 1 heterocycles. The van der Waals surface area contributed by atoms with E-state index in [4.69, 9.17) is 15.5 Å². The van der Waals surface area contributed by atoms with Gasteiger partial charge in [-0.15, -0.1) is 0 Å². The van der Waals surface area contributed by atoms with Crippen molar-refractivity contribution >= 4 is 5.69 Å². The maximum absolute atomic E-state index is 5.57. The highest BCUT2D eigenvalue weighted by Gasteiger charge is 2.27. The Morgan fingerprint density at radius 1 is 1.29 bits per heavy atom. The minimum absolute atomic E-state index is 0.533. The van der Waals surface area contributed by atoms with Gasteiger partial charge in [-0.2, -0.15) is 0 Å². The van der Waals surface area contributed by atoms with Crippen molar-refractivity contribution in [3.05, 3.63) is 36.3 Å². The van der Waals surface area contributed by atoms with E-state index < -0.39 is 0 Å². The molecule has 1 fully saturated rings. The van der Waals surface area contributed by atoms with Crippen LogP contribution < -0.4 is 15.8 Å². The lowest BCUT2D eigenvalue weighted by atomic mass is 10.1. The fraction of sp³-hybridized carbons (Fsp3) is 0.375. The molecule has 1 aromatic heterocycles. The summed E-state index contributed by atoms with van der Waals surface area (Å²) < 4.78 is 5.21. The van der Waals surface area contributed by atoms with Crippen LogP contribution in [0.15, 0.2) is 30.5 Å². The molecule has 0 aliphatic heterocycles. The smallest absolute Gasteiger partial charge is 0.132 e. The first-order valence-corrected chi connectivity index (χ1v) is 7.27. The van der Waals surface area contributed by atoms with Crippen LogP contribution in [0, 0.1) is 0 Å². The monoisotopic (exact) mass is 284 g/mol. The Balaban J connectivity index is 1.96. The first-order chi connectivity index (χ1) is 10.3. The highest BCUT2D eigenvalue weighted by molar-refractivity contribution is 5.74. The number of nitrogens with two attached hydrogens (primary N) is 1. The van der Waals surface area contributed by atoms with Crippen molar-refractivity contribution in [3.63, 3.8) is 0 Å². The Labute approximate surface area is 124 Å². The molecule has 1 aromatic carbocycles. The molecule has 1 aliphatic carbocycles. The number of hydrogen-bond donors (Lipinski definition) is 2. The van der Waals surface area contributed by atoms with Crippen LogP contribution in [-0.4, -0.2) is 30.2 Å². The third-order valence-corrected chi connectivity index (χ3v) is 3.57. The molecule has 0 atom stereocenters. The van der Waals surface area contributed by atoms with E-state index in [1.54, 1.807) is 7.11 Å². The van der Waals surface area contributed by atoms with Gasteiger partial charge in [-0.1, -0.05) is 0 Å². The van der Waals surface area contributed by atoms with Crippen LogP contribution in [0.3, 0.4) is 0 Å². The molecule has 0 amide bonds. The van der Waals surface area contributed by atoms with Gasteiger partial charge in [0.25, 0.3) is 0 Å². The van der Waals surface area contributed by atoms with E-state index in [1.807, 2.05) is 30.5 Å². The number of methoxy groups -OCH3 is 1. The van der Waals surface area contributed by atoms with E-state index in [-0.39, 0.29) is 0 Å². The van der Waals surface area contributed by atoms with E-state index in [9.17, 15) is 0 Å². The number of ether oxygens (including phenoxy) is 1. The molecule has 5 heteroatoms. The molecule has 0 saturated heterocycles. The highest BCUT2D eigenvalue weighted by Crippen LogP contribution is 2.39. The first kappa shape index (κ1) is 13.8. The van der Waals surface area contributed by atoms with Gasteiger partial charge >= 0.3 is 0 Å². The second-order valence-electron chi connectivity index (χ2n) is 5.21. The fourth-order valence-corrected chi connectivity index (χ4v) is 2.24. The zero-order valence-electron chi connectivity index (χ0n) is 12.2. The minimum Gasteiger partial charge on any atom is -0.497 e. The zero-order chi connectivity index (χ0) is 14.7. The molecular weight excluding hydrogens is 264 g/mol. The third-order valence-electron chi connectivity index (χ3n) is 3.57. The van der Waals surface area contributed by atoms with Crippen molar-refractivity contribution in [3.8, 4) is 17.0 Å². The fourth-order valence-electron chi connectivity index (χ4n) is 2.24. The summed E-state index contributed by atoms with van der Waals surface area (Å²) in [4.78, 5) is 9.23. The summed E-state index contributed by atoms with van der Waals surface area (Å²) in [5.74, 6) is 2.32. The van der Waals surface area contributed by atoms with Crippen LogP contribution >= 0.6 is 0 Å². The van der Waals surface area contributed by atoms with Crippen LogP contribution in [0.5, 0.6) is 5.75 Å². The van der Waals surface area contributed by atoms with Gasteiger partial charge < -0.3 is 15.8 Å². The summed E-state index contributed by atoms with van der Waals surface area (Å²) in [5.41, 5.74) is 8.49. The van der Waals surface area contributed by atoms with Gasteiger partial charge in [-0.3, -0.25) is 0 Å². The van der Waals surface area contributed by atoms with Crippen LogP contribution in [-0.2, 0) is 0 Å². The molecule has 0 radical (unpaired) electrons. The maximum Gasteiger partial charge on any atom is 0.132 e. The summed E-state index contributed by atoms with van der Waals surface area (Å²) in [6.45, 7) is 1.28. The summed E-state index contributed by atoms with van der Waals surface area (Å²) in [7, 11) is 1.67. The molecule has 2 aromatic rings. The van der Waals surface area contributed by atoms with E-state index in [0.717, 1.165) is 28.5 Å². The van der Waals surface area contributed by atoms with Gasteiger partial charge in [0.15, 0.2) is 0 Å². The lowest BCUT2D eigenvalue weighted by Crippen LogP contribution is -2.14. The molecule has 0 spiro atoms. The standard InChI is InChI=1S/C16H20N4O/c1-21-13-6-4-11(5-7-13)15-14(18-9-8-17)10-19-16(20-15)12-2-3-12/h4-7,10,12,18H,2-3,8-9,17H2,1H3. The molecule has 110 valence electrons. The van der Waals surface area contributed by atoms with Crippen LogP contribution in [0.4, 0.5) is 5.69 Å². The summed E-state index contributed by atoms with van der Waals surface area (Å²) in [6, 6.07) is 7.93. The second kappa shape index (κ2) is 6.10. The Bertz CT molecular complexity index is 608. The molecule has 21 heavy (non-hydrogen) atoms. The molecule has 0 unspecified atom stereocenters. The third kappa shape index (κ3) is 3.13. The number of anilines is 1. The van der Waals surface area contributed by atoms with Crippen LogP contribution in [0.2, 0.25) is 0 Å². The SMILES string of the molecule is COc1ccc(-c2nc(C3CC3)ncc2NCCN)cc1. The normalized spacial score (nSPS) is 14.0. The molecule has 3 rings (SSSR count). The number of nitrogens with zero attached hydrogens (tertiary/aromatic N) is 2. The zero-order valence-corrected chi connectivity index (χ0v) is 12.2. The predicted molar refractivity (Wildman–Crippen MR) is 83.5 cm³/mol. The van der Waals surface area contributed by atoms with Crippen molar-refractivity contribution in [2.75, 3.05) is 25.5 Å². The number of aromatic nitrogens is 2. The molecule has 5 nitrogen and oxygen atoms in total. The van der Waals surface area contributed by atoms with Gasteiger partial charge in [0.1, 0.15) is 11.6 Å². The molecule has 1 aliphatic rings. The van der Waals surface area contributed by atoms with Crippen molar-refractivity contribution in [2.24, 2.45) is 5.73 Å². The van der Waals surface area contributed by atoms with Crippen LogP contribution in [0.25, 0.3) is 11.3 Å². The second-order valence-corrected chi connectivity index (χ2v) is 5.21. The number of rotatable bonds is 6. The number of nitrogens with one attached hydrogen (secondary N) is 1. The van der Waals surface area contributed by atoms with Gasteiger partial charge in [0.05, 0.1) is 24.7 Å². The molecular formula is C16H20N4O. The van der Waals surface area contributed by atoms with Crippen molar-refractivity contribution in [2.45, 2.75) is 18.8 Å². The topological polar surface area (TPSA) is 73.1 Å². The lowest BCUT2D eigenvalue weighted by Gasteiger charge is -2.12. The minimum atomic E-state index is 0.533. The molecule has 3 N–H and O–H groups in total. The van der Waals surface area contributed by atoms with Gasteiger partial charge in [-0.05, 0) is 37.1 Å². The summed E-state index contributed by atoms with van der Waals surface area (Å²) >= 11 is 0. The Hall–Kier alpha value is -2.14. The van der Waals surface area contributed by atoms with Crippen LogP contribution in [0.1, 0.15) is 24.6 Å². The van der Waals surface area contributed by atoms with Crippen molar-refractivity contribution < 1.29 is 4.74 Å². The lowest BCUT2D eigenvalue weighted by molar-refractivity contribution is 0.415.